The fourth-order valence-electron chi connectivity index (χ4n) is 3.34. The third-order valence-corrected chi connectivity index (χ3v) is 4.67. The van der Waals surface area contributed by atoms with E-state index in [1.165, 1.54) is 6.07 Å². The molecule has 1 aliphatic heterocycles. The second-order valence-corrected chi connectivity index (χ2v) is 6.26. The molecule has 0 spiro atoms. The Hall–Kier alpha value is -3.94. The molecule has 3 aromatic rings. The monoisotopic (exact) mass is 375 g/mol. The molecule has 2 heterocycles. The summed E-state index contributed by atoms with van der Waals surface area (Å²) in [5.74, 6) is -0.189. The number of nitrogens with one attached hydrogen (secondary N) is 2. The minimum Gasteiger partial charge on any atom is -0.383 e. The Morgan fingerprint density at radius 2 is 1.89 bits per heavy atom. The maximum Gasteiger partial charge on any atom is 0.292 e. The van der Waals surface area contributed by atoms with Crippen molar-refractivity contribution in [3.8, 4) is 0 Å². The van der Waals surface area contributed by atoms with E-state index < -0.39 is 11.1 Å². The molecule has 2 aromatic carbocycles. The number of anilines is 3. The number of fused-ring (bicyclic) bond motifs is 1. The molecule has 0 radical (unpaired) electrons. The summed E-state index contributed by atoms with van der Waals surface area (Å²) in [5, 5.41) is 17.6. The van der Waals surface area contributed by atoms with Gasteiger partial charge in [0.15, 0.2) is 0 Å². The molecule has 0 bridgehead atoms. The van der Waals surface area contributed by atoms with Gasteiger partial charge in [0, 0.05) is 42.4 Å². The predicted molar refractivity (Wildman–Crippen MR) is 106 cm³/mol. The van der Waals surface area contributed by atoms with E-state index in [4.69, 9.17) is 0 Å². The number of para-hydroxylation sites is 1. The van der Waals surface area contributed by atoms with Gasteiger partial charge in [-0.05, 0) is 30.3 Å². The number of nitro benzene ring substituents is 1. The van der Waals surface area contributed by atoms with Gasteiger partial charge in [0.1, 0.15) is 11.9 Å². The van der Waals surface area contributed by atoms with Crippen molar-refractivity contribution in [1.82, 2.24) is 4.98 Å². The topological polar surface area (TPSA) is 100 Å². The van der Waals surface area contributed by atoms with Crippen molar-refractivity contribution in [3.63, 3.8) is 0 Å². The highest BCUT2D eigenvalue weighted by Crippen LogP contribution is 2.38. The largest absolute Gasteiger partial charge is 0.383 e. The van der Waals surface area contributed by atoms with E-state index in [1.54, 1.807) is 60.7 Å². The lowest BCUT2D eigenvalue weighted by atomic mass is 10.0. The second kappa shape index (κ2) is 6.99. The summed E-state index contributed by atoms with van der Waals surface area (Å²) < 4.78 is 0. The normalized spacial score (nSPS) is 15.5. The van der Waals surface area contributed by atoms with Crippen LogP contribution < -0.4 is 15.5 Å². The molecule has 8 nitrogen and oxygen atoms in total. The lowest BCUT2D eigenvalue weighted by Gasteiger charge is -2.38. The van der Waals surface area contributed by atoms with Gasteiger partial charge in [-0.1, -0.05) is 18.2 Å². The van der Waals surface area contributed by atoms with Crippen molar-refractivity contribution in [2.24, 2.45) is 0 Å². The first-order chi connectivity index (χ1) is 13.6. The maximum atomic E-state index is 13.3. The molecule has 1 unspecified atom stereocenters. The van der Waals surface area contributed by atoms with Gasteiger partial charge in [-0.15, -0.1) is 0 Å². The van der Waals surface area contributed by atoms with Gasteiger partial charge >= 0.3 is 0 Å². The van der Waals surface area contributed by atoms with Crippen molar-refractivity contribution in [3.05, 3.63) is 88.2 Å². The molecule has 0 saturated carbocycles. The Bertz CT molecular complexity index is 1050. The van der Waals surface area contributed by atoms with Crippen LogP contribution in [0.1, 0.15) is 22.1 Å². The molecule has 0 fully saturated rings. The van der Waals surface area contributed by atoms with Crippen LogP contribution in [0.2, 0.25) is 0 Å². The molecule has 1 aromatic heterocycles. The number of pyridine rings is 1. The van der Waals surface area contributed by atoms with Crippen LogP contribution in [-0.2, 0) is 0 Å². The molecule has 1 amide bonds. The standard InChI is InChI=1S/C20H17N5O3/c1-21-17-7-6-13(12-18(17)25(27)28)19-23-16-5-3-2-4-15(16)20(26)24(19)14-8-10-22-11-9-14/h2-12,19,21,23H,1H3. The summed E-state index contributed by atoms with van der Waals surface area (Å²) in [6.45, 7) is 0. The van der Waals surface area contributed by atoms with Gasteiger partial charge in [0.25, 0.3) is 11.6 Å². The zero-order valence-corrected chi connectivity index (χ0v) is 15.0. The number of hydrogen-bond acceptors (Lipinski definition) is 6. The predicted octanol–water partition coefficient (Wildman–Crippen LogP) is 3.80. The summed E-state index contributed by atoms with van der Waals surface area (Å²) in [5.41, 5.74) is 2.83. The van der Waals surface area contributed by atoms with Crippen molar-refractivity contribution < 1.29 is 9.72 Å². The summed E-state index contributed by atoms with van der Waals surface area (Å²) in [6.07, 6.45) is 2.61. The summed E-state index contributed by atoms with van der Waals surface area (Å²) >= 11 is 0. The van der Waals surface area contributed by atoms with Crippen LogP contribution in [0.25, 0.3) is 0 Å². The molecule has 28 heavy (non-hydrogen) atoms. The van der Waals surface area contributed by atoms with Gasteiger partial charge in [0.2, 0.25) is 0 Å². The fourth-order valence-corrected chi connectivity index (χ4v) is 3.34. The quantitative estimate of drug-likeness (QED) is 0.531. The van der Waals surface area contributed by atoms with Crippen LogP contribution in [0, 0.1) is 10.1 Å². The second-order valence-electron chi connectivity index (χ2n) is 6.26. The summed E-state index contributed by atoms with van der Waals surface area (Å²) in [6, 6.07) is 15.6. The molecule has 8 heteroatoms. The van der Waals surface area contributed by atoms with Gasteiger partial charge in [0.05, 0.1) is 10.5 Å². The zero-order valence-electron chi connectivity index (χ0n) is 15.0. The highest BCUT2D eigenvalue weighted by molar-refractivity contribution is 6.12. The van der Waals surface area contributed by atoms with E-state index in [9.17, 15) is 14.9 Å². The molecule has 1 atom stereocenters. The van der Waals surface area contributed by atoms with Gasteiger partial charge in [-0.3, -0.25) is 24.8 Å². The molecule has 0 aliphatic carbocycles. The smallest absolute Gasteiger partial charge is 0.292 e. The molecule has 2 N–H and O–H groups in total. The average molecular weight is 375 g/mol. The average Bonchev–Trinajstić information content (AvgIpc) is 2.73. The number of hydrogen-bond donors (Lipinski definition) is 2. The minimum absolute atomic E-state index is 0.0530. The van der Waals surface area contributed by atoms with E-state index in [0.29, 0.717) is 28.2 Å². The SMILES string of the molecule is CNc1ccc(C2Nc3ccccc3C(=O)N2c2ccncc2)cc1[N+](=O)[O-]. The highest BCUT2D eigenvalue weighted by Gasteiger charge is 2.34. The number of nitrogens with zero attached hydrogens (tertiary/aromatic N) is 3. The van der Waals surface area contributed by atoms with Crippen molar-refractivity contribution in [2.75, 3.05) is 22.6 Å². The number of nitro groups is 1. The van der Waals surface area contributed by atoms with Crippen molar-refractivity contribution in [2.45, 2.75) is 6.17 Å². The first kappa shape index (κ1) is 17.5. The molecule has 0 saturated heterocycles. The third-order valence-electron chi connectivity index (χ3n) is 4.67. The molecular weight excluding hydrogens is 358 g/mol. The highest BCUT2D eigenvalue weighted by atomic mass is 16.6. The fraction of sp³-hybridized carbons (Fsp3) is 0.100. The van der Waals surface area contributed by atoms with E-state index in [1.807, 2.05) is 12.1 Å². The van der Waals surface area contributed by atoms with Crippen LogP contribution in [-0.4, -0.2) is 22.9 Å². The molecule has 140 valence electrons. The number of benzene rings is 2. The Labute approximate surface area is 161 Å². The van der Waals surface area contributed by atoms with Gasteiger partial charge < -0.3 is 10.6 Å². The molecule has 1 aliphatic rings. The Balaban J connectivity index is 1.87. The van der Waals surface area contributed by atoms with Crippen molar-refractivity contribution in [1.29, 1.82) is 0 Å². The van der Waals surface area contributed by atoms with Gasteiger partial charge in [-0.2, -0.15) is 0 Å². The maximum absolute atomic E-state index is 13.3. The minimum atomic E-state index is -0.602. The zero-order chi connectivity index (χ0) is 19.7. The van der Waals surface area contributed by atoms with E-state index in [-0.39, 0.29) is 11.6 Å². The number of carbonyl (C=O) groups excluding carboxylic acids is 1. The Morgan fingerprint density at radius 1 is 1.14 bits per heavy atom. The number of carbonyl (C=O) groups is 1. The van der Waals surface area contributed by atoms with E-state index in [0.717, 1.165) is 0 Å². The lowest BCUT2D eigenvalue weighted by molar-refractivity contribution is -0.384. The summed E-state index contributed by atoms with van der Waals surface area (Å²) in [7, 11) is 1.63. The van der Waals surface area contributed by atoms with E-state index in [2.05, 4.69) is 15.6 Å². The first-order valence-corrected chi connectivity index (χ1v) is 8.65. The number of aromatic nitrogens is 1. The number of rotatable bonds is 4. The third kappa shape index (κ3) is 2.90. The van der Waals surface area contributed by atoms with Crippen LogP contribution in [0.3, 0.4) is 0 Å². The molecular formula is C20H17N5O3. The van der Waals surface area contributed by atoms with Crippen LogP contribution in [0.15, 0.2) is 67.0 Å². The first-order valence-electron chi connectivity index (χ1n) is 8.65. The Kier molecular flexibility index (Phi) is 4.36. The lowest BCUT2D eigenvalue weighted by Crippen LogP contribution is -2.43. The van der Waals surface area contributed by atoms with Crippen LogP contribution in [0.4, 0.5) is 22.7 Å². The van der Waals surface area contributed by atoms with Crippen LogP contribution >= 0.6 is 0 Å². The molecule has 4 rings (SSSR count). The van der Waals surface area contributed by atoms with Gasteiger partial charge in [-0.25, -0.2) is 0 Å². The van der Waals surface area contributed by atoms with E-state index >= 15 is 0 Å². The van der Waals surface area contributed by atoms with Crippen LogP contribution in [0.5, 0.6) is 0 Å². The Morgan fingerprint density at radius 3 is 2.61 bits per heavy atom. The summed E-state index contributed by atoms with van der Waals surface area (Å²) in [4.78, 5) is 29.9. The number of amides is 1. The van der Waals surface area contributed by atoms with Crippen molar-refractivity contribution >= 4 is 28.7 Å².